The summed E-state index contributed by atoms with van der Waals surface area (Å²) in [6.45, 7) is 1.46. The lowest BCUT2D eigenvalue weighted by molar-refractivity contribution is 0.101. The molecule has 0 fully saturated rings. The zero-order valence-corrected chi connectivity index (χ0v) is 11.5. The number of anilines is 1. The van der Waals surface area contributed by atoms with Gasteiger partial charge in [0, 0.05) is 10.7 Å². The van der Waals surface area contributed by atoms with Crippen LogP contribution in [-0.2, 0) is 0 Å². The molecule has 0 radical (unpaired) electrons. The lowest BCUT2D eigenvalue weighted by Gasteiger charge is -2.08. The number of nitrogens with zero attached hydrogens (tertiary/aromatic N) is 1. The Bertz CT molecular complexity index is 629. The van der Waals surface area contributed by atoms with Crippen molar-refractivity contribution in [2.75, 3.05) is 5.32 Å². The third-order valence-corrected chi connectivity index (χ3v) is 2.95. The molecule has 1 aromatic carbocycles. The molecule has 1 aromatic heterocycles. The van der Waals surface area contributed by atoms with Crippen molar-refractivity contribution in [3.05, 3.63) is 57.7 Å². The minimum atomic E-state index is -0.905. The molecule has 0 saturated carbocycles. The van der Waals surface area contributed by atoms with Crippen molar-refractivity contribution in [1.29, 1.82) is 0 Å². The van der Waals surface area contributed by atoms with Crippen molar-refractivity contribution in [1.82, 2.24) is 4.98 Å². The topological polar surface area (TPSA) is 42.0 Å². The molecule has 6 heteroatoms. The van der Waals surface area contributed by atoms with E-state index in [1.54, 1.807) is 6.07 Å². The number of carbonyl (C=O) groups is 1. The molecule has 2 rings (SSSR count). The van der Waals surface area contributed by atoms with Crippen LogP contribution in [0, 0.1) is 18.6 Å². The van der Waals surface area contributed by atoms with Gasteiger partial charge in [0.25, 0.3) is 5.91 Å². The van der Waals surface area contributed by atoms with E-state index < -0.39 is 23.1 Å². The highest BCUT2D eigenvalue weighted by molar-refractivity contribution is 9.10. The van der Waals surface area contributed by atoms with E-state index in [0.717, 1.165) is 10.5 Å². The first kappa shape index (κ1) is 13.6. The number of hydrogen-bond acceptors (Lipinski definition) is 2. The van der Waals surface area contributed by atoms with Crippen molar-refractivity contribution in [3.63, 3.8) is 0 Å². The van der Waals surface area contributed by atoms with Crippen molar-refractivity contribution in [3.8, 4) is 0 Å². The van der Waals surface area contributed by atoms with Crippen LogP contribution in [0.5, 0.6) is 0 Å². The van der Waals surface area contributed by atoms with Crippen molar-refractivity contribution < 1.29 is 13.6 Å². The van der Waals surface area contributed by atoms with Crippen LogP contribution in [0.15, 0.2) is 34.9 Å². The minimum Gasteiger partial charge on any atom is -0.306 e. The zero-order chi connectivity index (χ0) is 14.0. The molecular formula is C13H9BrF2N2O. The van der Waals surface area contributed by atoms with Gasteiger partial charge in [0.15, 0.2) is 0 Å². The normalized spacial score (nSPS) is 10.3. The number of pyridine rings is 1. The highest BCUT2D eigenvalue weighted by Gasteiger charge is 2.19. The Morgan fingerprint density at radius 1 is 1.26 bits per heavy atom. The Kier molecular flexibility index (Phi) is 3.90. The molecule has 0 aliphatic heterocycles. The van der Waals surface area contributed by atoms with Crippen molar-refractivity contribution >= 4 is 27.7 Å². The third kappa shape index (κ3) is 2.96. The summed E-state index contributed by atoms with van der Waals surface area (Å²) in [5, 5.41) is 2.34. The molecule has 0 atom stereocenters. The van der Waals surface area contributed by atoms with Gasteiger partial charge in [-0.3, -0.25) is 4.79 Å². The largest absolute Gasteiger partial charge is 0.306 e. The maximum Gasteiger partial charge on any atom is 0.262 e. The molecule has 3 nitrogen and oxygen atoms in total. The van der Waals surface area contributed by atoms with E-state index >= 15 is 0 Å². The smallest absolute Gasteiger partial charge is 0.262 e. The van der Waals surface area contributed by atoms with Crippen LogP contribution < -0.4 is 5.32 Å². The monoisotopic (exact) mass is 326 g/mol. The molecule has 1 N–H and O–H groups in total. The number of nitrogens with one attached hydrogen (secondary N) is 1. The van der Waals surface area contributed by atoms with Crippen LogP contribution in [0.2, 0.25) is 0 Å². The van der Waals surface area contributed by atoms with Crippen LogP contribution in [0.25, 0.3) is 0 Å². The fourth-order valence-corrected chi connectivity index (χ4v) is 1.73. The molecule has 98 valence electrons. The summed E-state index contributed by atoms with van der Waals surface area (Å²) in [6.07, 6.45) is 1.47. The van der Waals surface area contributed by atoms with E-state index in [1.807, 2.05) is 0 Å². The molecule has 0 bridgehead atoms. The van der Waals surface area contributed by atoms with E-state index in [2.05, 4.69) is 26.2 Å². The highest BCUT2D eigenvalue weighted by atomic mass is 79.9. The summed E-state index contributed by atoms with van der Waals surface area (Å²) in [5.41, 5.74) is -0.403. The SMILES string of the molecule is Cc1ccc(F)c(C(=O)Nc2ccc(Br)cn2)c1F. The van der Waals surface area contributed by atoms with Crippen molar-refractivity contribution in [2.24, 2.45) is 0 Å². The Morgan fingerprint density at radius 2 is 2.00 bits per heavy atom. The standard InChI is InChI=1S/C13H9BrF2N2O/c1-7-2-4-9(15)11(12(7)16)13(19)18-10-5-3-8(14)6-17-10/h2-6H,1H3,(H,17,18,19). The maximum atomic E-state index is 13.8. The molecular weight excluding hydrogens is 318 g/mol. The summed E-state index contributed by atoms with van der Waals surface area (Å²) in [7, 11) is 0. The van der Waals surface area contributed by atoms with Crippen LogP contribution in [0.4, 0.5) is 14.6 Å². The van der Waals surface area contributed by atoms with Crippen LogP contribution in [0.3, 0.4) is 0 Å². The molecule has 0 aliphatic rings. The number of rotatable bonds is 2. The minimum absolute atomic E-state index is 0.204. The molecule has 0 spiro atoms. The first-order valence-electron chi connectivity index (χ1n) is 5.36. The average molecular weight is 327 g/mol. The number of halogens is 3. The Morgan fingerprint density at radius 3 is 2.63 bits per heavy atom. The Labute approximate surface area is 116 Å². The quantitative estimate of drug-likeness (QED) is 0.914. The van der Waals surface area contributed by atoms with Gasteiger partial charge in [-0.15, -0.1) is 0 Å². The highest BCUT2D eigenvalue weighted by Crippen LogP contribution is 2.18. The molecule has 1 heterocycles. The number of carbonyl (C=O) groups excluding carboxylic acids is 1. The van der Waals surface area contributed by atoms with Gasteiger partial charge in [0.05, 0.1) is 0 Å². The Hall–Kier alpha value is -1.82. The van der Waals surface area contributed by atoms with Gasteiger partial charge in [-0.05, 0) is 46.6 Å². The van der Waals surface area contributed by atoms with E-state index in [0.29, 0.717) is 0 Å². The molecule has 0 saturated heterocycles. The summed E-state index contributed by atoms with van der Waals surface area (Å²) in [4.78, 5) is 15.8. The molecule has 2 aromatic rings. The van der Waals surface area contributed by atoms with Crippen LogP contribution in [-0.4, -0.2) is 10.9 Å². The van der Waals surface area contributed by atoms with Crippen LogP contribution >= 0.6 is 15.9 Å². The first-order valence-corrected chi connectivity index (χ1v) is 6.16. The van der Waals surface area contributed by atoms with Gasteiger partial charge in [-0.25, -0.2) is 13.8 Å². The first-order chi connectivity index (χ1) is 8.99. The van der Waals surface area contributed by atoms with Gasteiger partial charge in [-0.1, -0.05) is 6.07 Å². The summed E-state index contributed by atoms with van der Waals surface area (Å²) in [6, 6.07) is 5.51. The number of aromatic nitrogens is 1. The van der Waals surface area contributed by atoms with Gasteiger partial charge >= 0.3 is 0 Å². The maximum absolute atomic E-state index is 13.8. The Balaban J connectivity index is 2.30. The number of amides is 1. The second kappa shape index (κ2) is 5.44. The summed E-state index contributed by atoms with van der Waals surface area (Å²) < 4.78 is 28.0. The average Bonchev–Trinajstić information content (AvgIpc) is 2.37. The van der Waals surface area contributed by atoms with Gasteiger partial charge in [0.1, 0.15) is 23.0 Å². The number of hydrogen-bond donors (Lipinski definition) is 1. The second-order valence-electron chi connectivity index (χ2n) is 3.87. The van der Waals surface area contributed by atoms with E-state index in [-0.39, 0.29) is 11.4 Å². The number of benzene rings is 1. The fourth-order valence-electron chi connectivity index (χ4n) is 1.49. The van der Waals surface area contributed by atoms with Gasteiger partial charge in [0.2, 0.25) is 0 Å². The molecule has 0 unspecified atom stereocenters. The fraction of sp³-hybridized carbons (Fsp3) is 0.0769. The summed E-state index contributed by atoms with van der Waals surface area (Å²) >= 11 is 3.19. The molecule has 0 aliphatic carbocycles. The lowest BCUT2D eigenvalue weighted by Crippen LogP contribution is -2.17. The lowest BCUT2D eigenvalue weighted by atomic mass is 10.1. The zero-order valence-electron chi connectivity index (χ0n) is 9.88. The van der Waals surface area contributed by atoms with Gasteiger partial charge < -0.3 is 5.32 Å². The van der Waals surface area contributed by atoms with E-state index in [4.69, 9.17) is 0 Å². The molecule has 1 amide bonds. The van der Waals surface area contributed by atoms with Crippen molar-refractivity contribution in [2.45, 2.75) is 6.92 Å². The van der Waals surface area contributed by atoms with Crippen LogP contribution in [0.1, 0.15) is 15.9 Å². The second-order valence-corrected chi connectivity index (χ2v) is 4.78. The van der Waals surface area contributed by atoms with E-state index in [1.165, 1.54) is 25.3 Å². The number of aryl methyl sites for hydroxylation is 1. The predicted octanol–water partition coefficient (Wildman–Crippen LogP) is 3.68. The van der Waals surface area contributed by atoms with E-state index in [9.17, 15) is 13.6 Å². The predicted molar refractivity (Wildman–Crippen MR) is 71.0 cm³/mol. The van der Waals surface area contributed by atoms with Gasteiger partial charge in [-0.2, -0.15) is 0 Å². The third-order valence-electron chi connectivity index (χ3n) is 2.48. The summed E-state index contributed by atoms with van der Waals surface area (Å²) in [5.74, 6) is -2.42. The molecule has 19 heavy (non-hydrogen) atoms.